The number of aromatic nitrogens is 1. The van der Waals surface area contributed by atoms with Gasteiger partial charge in [-0.2, -0.15) is 0 Å². The van der Waals surface area contributed by atoms with E-state index in [-0.39, 0.29) is 6.42 Å². The molecule has 0 fully saturated rings. The highest BCUT2D eigenvalue weighted by molar-refractivity contribution is 7.18. The molecule has 1 aromatic heterocycles. The maximum atomic E-state index is 12.3. The Morgan fingerprint density at radius 3 is 2.67 bits per heavy atom. The zero-order valence-corrected chi connectivity index (χ0v) is 13.7. The number of benzene rings is 1. The third-order valence-corrected chi connectivity index (χ3v) is 4.53. The Hall–Kier alpha value is -2.09. The molecule has 1 heterocycles. The number of thiazole rings is 1. The van der Waals surface area contributed by atoms with Crippen molar-refractivity contribution in [1.82, 2.24) is 10.3 Å². The Bertz CT molecular complexity index is 672. The SMILES string of the molecule is O=C(CCCCc1nc2ccccc2s1)NC(CC(F)F)C(=O)O. The van der Waals surface area contributed by atoms with Crippen molar-refractivity contribution < 1.29 is 23.5 Å². The predicted molar refractivity (Wildman–Crippen MR) is 87.4 cm³/mol. The van der Waals surface area contributed by atoms with Gasteiger partial charge in [0.2, 0.25) is 12.3 Å². The van der Waals surface area contributed by atoms with Crippen LogP contribution in [0.25, 0.3) is 10.2 Å². The van der Waals surface area contributed by atoms with Gasteiger partial charge in [-0.3, -0.25) is 4.79 Å². The minimum atomic E-state index is -2.77. The number of amides is 1. The molecule has 0 saturated heterocycles. The molecule has 0 bridgehead atoms. The van der Waals surface area contributed by atoms with Crippen LogP contribution >= 0.6 is 11.3 Å². The maximum absolute atomic E-state index is 12.3. The summed E-state index contributed by atoms with van der Waals surface area (Å²) in [5.74, 6) is -1.97. The van der Waals surface area contributed by atoms with Crippen LogP contribution < -0.4 is 5.32 Å². The molecule has 2 rings (SSSR count). The van der Waals surface area contributed by atoms with Crippen LogP contribution in [0.1, 0.15) is 30.7 Å². The van der Waals surface area contributed by atoms with Crippen LogP contribution in [0.4, 0.5) is 8.78 Å². The standard InChI is InChI=1S/C16H18F2N2O3S/c17-13(18)9-11(16(22)23)19-14(21)7-3-4-8-15-20-10-5-1-2-6-12(10)24-15/h1-2,5-6,11,13H,3-4,7-9H2,(H,19,21)(H,22,23). The van der Waals surface area contributed by atoms with Crippen LogP contribution in [0.3, 0.4) is 0 Å². The van der Waals surface area contributed by atoms with Crippen molar-refractivity contribution in [1.29, 1.82) is 0 Å². The number of carbonyl (C=O) groups excluding carboxylic acids is 1. The largest absolute Gasteiger partial charge is 0.480 e. The Balaban J connectivity index is 1.73. The van der Waals surface area contributed by atoms with Crippen molar-refractivity contribution in [3.63, 3.8) is 0 Å². The molecule has 1 aromatic carbocycles. The van der Waals surface area contributed by atoms with Gasteiger partial charge in [-0.25, -0.2) is 18.6 Å². The van der Waals surface area contributed by atoms with Gasteiger partial charge in [0.1, 0.15) is 6.04 Å². The molecule has 2 N–H and O–H groups in total. The summed E-state index contributed by atoms with van der Waals surface area (Å²) in [6, 6.07) is 6.28. The van der Waals surface area contributed by atoms with E-state index in [0.29, 0.717) is 6.42 Å². The second-order valence-corrected chi connectivity index (χ2v) is 6.48. The summed E-state index contributed by atoms with van der Waals surface area (Å²) < 4.78 is 25.6. The number of carboxylic acid groups (broad SMARTS) is 1. The summed E-state index contributed by atoms with van der Waals surface area (Å²) in [6.45, 7) is 0. The molecule has 0 aliphatic rings. The van der Waals surface area contributed by atoms with Crippen LogP contribution in [0.2, 0.25) is 0 Å². The predicted octanol–water partition coefficient (Wildman–Crippen LogP) is 3.23. The first-order valence-electron chi connectivity index (χ1n) is 7.60. The number of carboxylic acids is 1. The lowest BCUT2D eigenvalue weighted by Gasteiger charge is -2.13. The van der Waals surface area contributed by atoms with E-state index in [2.05, 4.69) is 10.3 Å². The van der Waals surface area contributed by atoms with Gasteiger partial charge in [0.05, 0.1) is 15.2 Å². The molecule has 0 spiro atoms. The Morgan fingerprint density at radius 2 is 2.00 bits per heavy atom. The smallest absolute Gasteiger partial charge is 0.326 e. The Morgan fingerprint density at radius 1 is 1.25 bits per heavy atom. The average molecular weight is 356 g/mol. The number of hydrogen-bond acceptors (Lipinski definition) is 4. The van der Waals surface area contributed by atoms with Gasteiger partial charge >= 0.3 is 5.97 Å². The van der Waals surface area contributed by atoms with Crippen LogP contribution in [0, 0.1) is 0 Å². The molecule has 130 valence electrons. The van der Waals surface area contributed by atoms with Crippen molar-refractivity contribution in [2.75, 3.05) is 0 Å². The summed E-state index contributed by atoms with van der Waals surface area (Å²) >= 11 is 1.60. The molecule has 8 heteroatoms. The van der Waals surface area contributed by atoms with Crippen molar-refractivity contribution in [3.05, 3.63) is 29.3 Å². The fraction of sp³-hybridized carbons (Fsp3) is 0.438. The third-order valence-electron chi connectivity index (χ3n) is 3.43. The van der Waals surface area contributed by atoms with Gasteiger partial charge in [0, 0.05) is 12.8 Å². The highest BCUT2D eigenvalue weighted by atomic mass is 32.1. The summed E-state index contributed by atoms with van der Waals surface area (Å²) in [4.78, 5) is 27.0. The molecule has 1 atom stereocenters. The fourth-order valence-corrected chi connectivity index (χ4v) is 3.26. The Kier molecular flexibility index (Phi) is 6.60. The van der Waals surface area contributed by atoms with E-state index in [0.717, 1.165) is 28.1 Å². The minimum Gasteiger partial charge on any atom is -0.480 e. The lowest BCUT2D eigenvalue weighted by atomic mass is 10.1. The molecule has 1 amide bonds. The molecule has 24 heavy (non-hydrogen) atoms. The minimum absolute atomic E-state index is 0.109. The zero-order chi connectivity index (χ0) is 17.5. The van der Waals surface area contributed by atoms with Gasteiger partial charge in [-0.05, 0) is 31.4 Å². The lowest BCUT2D eigenvalue weighted by Crippen LogP contribution is -2.41. The number of unbranched alkanes of at least 4 members (excludes halogenated alkanes) is 1. The van der Waals surface area contributed by atoms with Crippen molar-refractivity contribution in [3.8, 4) is 0 Å². The highest BCUT2D eigenvalue weighted by Crippen LogP contribution is 2.22. The molecule has 0 radical (unpaired) electrons. The number of nitrogens with zero attached hydrogens (tertiary/aromatic N) is 1. The molecule has 2 aromatic rings. The van der Waals surface area contributed by atoms with E-state index >= 15 is 0 Å². The van der Waals surface area contributed by atoms with E-state index in [1.54, 1.807) is 11.3 Å². The van der Waals surface area contributed by atoms with Gasteiger partial charge in [0.15, 0.2) is 0 Å². The van der Waals surface area contributed by atoms with E-state index < -0.39 is 30.8 Å². The number of halogens is 2. The molecule has 5 nitrogen and oxygen atoms in total. The van der Waals surface area contributed by atoms with Gasteiger partial charge in [-0.15, -0.1) is 11.3 Å². The number of para-hydroxylation sites is 1. The normalized spacial score (nSPS) is 12.5. The van der Waals surface area contributed by atoms with Gasteiger partial charge < -0.3 is 10.4 Å². The molecular weight excluding hydrogens is 338 g/mol. The van der Waals surface area contributed by atoms with Gasteiger partial charge in [-0.1, -0.05) is 12.1 Å². The summed E-state index contributed by atoms with van der Waals surface area (Å²) in [6.07, 6.45) is -1.55. The van der Waals surface area contributed by atoms with Crippen LogP contribution in [-0.2, 0) is 16.0 Å². The second kappa shape index (κ2) is 8.68. The number of nitrogens with one attached hydrogen (secondary N) is 1. The summed E-state index contributed by atoms with van der Waals surface area (Å²) in [5.41, 5.74) is 0.951. The van der Waals surface area contributed by atoms with Gasteiger partial charge in [0.25, 0.3) is 0 Å². The zero-order valence-electron chi connectivity index (χ0n) is 12.9. The first-order valence-corrected chi connectivity index (χ1v) is 8.42. The summed E-state index contributed by atoms with van der Waals surface area (Å²) in [5, 5.41) is 11.9. The number of alkyl halides is 2. The topological polar surface area (TPSA) is 79.3 Å². The number of rotatable bonds is 9. The third kappa shape index (κ3) is 5.52. The van der Waals surface area contributed by atoms with E-state index in [1.165, 1.54) is 0 Å². The molecular formula is C16H18F2N2O3S. The van der Waals surface area contributed by atoms with Crippen molar-refractivity contribution in [2.24, 2.45) is 0 Å². The first kappa shape index (κ1) is 18.3. The van der Waals surface area contributed by atoms with Crippen LogP contribution in [0.15, 0.2) is 24.3 Å². The number of carbonyl (C=O) groups is 2. The second-order valence-electron chi connectivity index (χ2n) is 5.37. The highest BCUT2D eigenvalue weighted by Gasteiger charge is 2.23. The Labute approximate surface area is 141 Å². The van der Waals surface area contributed by atoms with E-state index in [4.69, 9.17) is 5.11 Å². The maximum Gasteiger partial charge on any atom is 0.326 e. The van der Waals surface area contributed by atoms with E-state index in [9.17, 15) is 18.4 Å². The van der Waals surface area contributed by atoms with Crippen LogP contribution in [-0.4, -0.2) is 34.4 Å². The molecule has 0 aliphatic heterocycles. The molecule has 0 saturated carbocycles. The van der Waals surface area contributed by atoms with E-state index in [1.807, 2.05) is 24.3 Å². The van der Waals surface area contributed by atoms with Crippen molar-refractivity contribution in [2.45, 2.75) is 44.6 Å². The summed E-state index contributed by atoms with van der Waals surface area (Å²) in [7, 11) is 0. The number of aliphatic carboxylic acids is 1. The monoisotopic (exact) mass is 356 g/mol. The molecule has 1 unspecified atom stereocenters. The quantitative estimate of drug-likeness (QED) is 0.676. The number of aryl methyl sites for hydroxylation is 1. The van der Waals surface area contributed by atoms with Crippen LogP contribution in [0.5, 0.6) is 0 Å². The fourth-order valence-electron chi connectivity index (χ4n) is 2.25. The number of fused-ring (bicyclic) bond motifs is 1. The molecule has 0 aliphatic carbocycles. The van der Waals surface area contributed by atoms with Crippen molar-refractivity contribution >= 4 is 33.4 Å². The lowest BCUT2D eigenvalue weighted by molar-refractivity contribution is -0.143. The first-order chi connectivity index (χ1) is 11.5. The number of hydrogen-bond donors (Lipinski definition) is 2. The average Bonchev–Trinajstić information content (AvgIpc) is 2.93.